The summed E-state index contributed by atoms with van der Waals surface area (Å²) in [6.45, 7) is 14.8. The second-order valence-electron chi connectivity index (χ2n) is 11.5. The van der Waals surface area contributed by atoms with Crippen LogP contribution in [0, 0.1) is 0 Å². The van der Waals surface area contributed by atoms with Crippen LogP contribution in [0.2, 0.25) is 0 Å². The van der Waals surface area contributed by atoms with E-state index in [0.29, 0.717) is 24.5 Å². The monoisotopic (exact) mass is 840 g/mol. The van der Waals surface area contributed by atoms with Crippen molar-refractivity contribution in [3.8, 4) is 0 Å². The summed E-state index contributed by atoms with van der Waals surface area (Å²) < 4.78 is 103. The topological polar surface area (TPSA) is 204 Å². The molecule has 0 radical (unpaired) electrons. The molecule has 3 rings (SSSR count). The van der Waals surface area contributed by atoms with Crippen molar-refractivity contribution in [1.29, 1.82) is 0 Å². The number of nitrogens with zero attached hydrogens (tertiary/aromatic N) is 6. The van der Waals surface area contributed by atoms with Crippen LogP contribution in [0.3, 0.4) is 0 Å². The summed E-state index contributed by atoms with van der Waals surface area (Å²) in [5, 5.41) is 14.5. The third-order valence-corrected chi connectivity index (χ3v) is 19.6. The highest BCUT2D eigenvalue weighted by molar-refractivity contribution is 7.73. The highest BCUT2D eigenvalue weighted by atomic mass is 31.2. The van der Waals surface area contributed by atoms with Gasteiger partial charge < -0.3 is 36.2 Å². The number of benzene rings is 1. The molecule has 0 N–H and O–H groups in total. The summed E-state index contributed by atoms with van der Waals surface area (Å²) in [4.78, 5) is 0. The van der Waals surface area contributed by atoms with E-state index < -0.39 is 41.2 Å². The van der Waals surface area contributed by atoms with E-state index in [9.17, 15) is 18.3 Å². The molecule has 0 fully saturated rings. The van der Waals surface area contributed by atoms with Crippen LogP contribution in [0.25, 0.3) is 0 Å². The quantitative estimate of drug-likeness (QED) is 0.0641. The predicted octanol–water partition coefficient (Wildman–Crippen LogP) is 7.77. The molecular weight excluding hydrogens is 784 g/mol. The highest BCUT2D eigenvalue weighted by Crippen LogP contribution is 2.72. The lowest BCUT2D eigenvalue weighted by atomic mass is 10.1. The van der Waals surface area contributed by atoms with Crippen molar-refractivity contribution in [3.05, 3.63) is 59.2 Å². The molecule has 0 aliphatic carbocycles. The van der Waals surface area contributed by atoms with Gasteiger partial charge in [-0.05, 0) is 66.5 Å². The second-order valence-corrected chi connectivity index (χ2v) is 21.2. The Balaban J connectivity index is 1.77. The van der Waals surface area contributed by atoms with Gasteiger partial charge in [0.1, 0.15) is 0 Å². The smallest absolute Gasteiger partial charge is 0.308 e. The van der Waals surface area contributed by atoms with Crippen molar-refractivity contribution < 1.29 is 54.5 Å². The number of rotatable bonds is 28. The molecule has 0 aliphatic heterocycles. The van der Waals surface area contributed by atoms with E-state index in [1.54, 1.807) is 77.1 Å². The zero-order valence-electron chi connectivity index (χ0n) is 32.5. The molecule has 22 heteroatoms. The average molecular weight is 841 g/mol. The third-order valence-electron chi connectivity index (χ3n) is 7.60. The van der Waals surface area contributed by atoms with E-state index in [-0.39, 0.29) is 65.7 Å². The number of hydrogen-bond acceptors (Lipinski definition) is 16. The van der Waals surface area contributed by atoms with Gasteiger partial charge in [0.25, 0.3) is 0 Å². The molecule has 2 aromatic heterocycles. The number of aromatic nitrogens is 6. The van der Waals surface area contributed by atoms with Crippen LogP contribution in [0.4, 0.5) is 0 Å². The summed E-state index contributed by atoms with van der Waals surface area (Å²) in [7, 11) is -15.8. The molecule has 0 bridgehead atoms. The predicted molar refractivity (Wildman–Crippen MR) is 203 cm³/mol. The van der Waals surface area contributed by atoms with Crippen LogP contribution in [0.15, 0.2) is 36.7 Å². The van der Waals surface area contributed by atoms with Crippen molar-refractivity contribution in [1.82, 2.24) is 30.0 Å². The van der Waals surface area contributed by atoms with E-state index in [1.165, 1.54) is 0 Å². The van der Waals surface area contributed by atoms with Gasteiger partial charge in [-0.2, -0.15) is 0 Å². The van der Waals surface area contributed by atoms with Gasteiger partial charge in [-0.15, -0.1) is 10.2 Å². The summed E-state index contributed by atoms with van der Waals surface area (Å²) in [6.07, 6.45) is 3.22. The lowest BCUT2D eigenvalue weighted by Crippen LogP contribution is -2.20. The molecule has 54 heavy (non-hydrogen) atoms. The fourth-order valence-electron chi connectivity index (χ4n) is 5.59. The maximum Gasteiger partial charge on any atom is 0.346 e. The molecule has 18 nitrogen and oxygen atoms in total. The summed E-state index contributed by atoms with van der Waals surface area (Å²) in [6, 6.07) is 7.74. The molecule has 306 valence electrons. The summed E-state index contributed by atoms with van der Waals surface area (Å²) in [5.74, 6) is 0. The van der Waals surface area contributed by atoms with Gasteiger partial charge in [-0.3, -0.25) is 18.3 Å². The first-order valence-corrected chi connectivity index (χ1v) is 24.7. The van der Waals surface area contributed by atoms with Crippen molar-refractivity contribution >= 4 is 30.4 Å². The van der Waals surface area contributed by atoms with Crippen LogP contribution in [-0.4, -0.2) is 93.6 Å². The first kappa shape index (κ1) is 46.5. The van der Waals surface area contributed by atoms with Crippen LogP contribution >= 0.6 is 30.4 Å². The third kappa shape index (κ3) is 12.6. The van der Waals surface area contributed by atoms with Gasteiger partial charge in [0, 0.05) is 25.2 Å². The van der Waals surface area contributed by atoms with Crippen LogP contribution in [-0.2, 0) is 80.4 Å². The fraction of sp³-hybridized carbons (Fsp3) is 0.688. The SMILES string of the molecule is CCOP(=O)(OCC)C(Cc1cn(Cc2ccc(Cn3cc(CC(P(=O)(OCC)OCC)P(=O)(OCC)OCC)nn3)cc2)nn1)P(=O)(OCC)OCC. The van der Waals surface area contributed by atoms with Gasteiger partial charge in [0.05, 0.1) is 77.3 Å². The first-order valence-electron chi connectivity index (χ1n) is 18.2. The zero-order chi connectivity index (χ0) is 39.8. The minimum Gasteiger partial charge on any atom is -0.308 e. The average Bonchev–Trinajstić information content (AvgIpc) is 3.76. The molecule has 3 aromatic rings. The molecule has 1 aromatic carbocycles. The molecule has 0 spiro atoms. The molecular formula is C32H56N6O12P4. The molecule has 0 saturated heterocycles. The van der Waals surface area contributed by atoms with Crippen molar-refractivity contribution in [3.63, 3.8) is 0 Å². The lowest BCUT2D eigenvalue weighted by Gasteiger charge is -2.30. The Morgan fingerprint density at radius 2 is 0.704 bits per heavy atom. The Morgan fingerprint density at radius 3 is 0.926 bits per heavy atom. The maximum absolute atomic E-state index is 13.9. The Bertz CT molecular complexity index is 1530. The Hall–Kier alpha value is -1.90. The van der Waals surface area contributed by atoms with Crippen LogP contribution in [0.1, 0.15) is 77.9 Å². The van der Waals surface area contributed by atoms with E-state index in [4.69, 9.17) is 36.2 Å². The van der Waals surface area contributed by atoms with Crippen molar-refractivity contribution in [2.75, 3.05) is 52.9 Å². The second kappa shape index (κ2) is 22.1. The molecule has 0 amide bonds. The summed E-state index contributed by atoms with van der Waals surface area (Å²) >= 11 is 0. The Kier molecular flexibility index (Phi) is 19.1. The fourth-order valence-corrected chi connectivity index (χ4v) is 16.2. The molecule has 0 atom stereocenters. The maximum atomic E-state index is 13.9. The molecule has 0 saturated carbocycles. The van der Waals surface area contributed by atoms with Crippen LogP contribution < -0.4 is 0 Å². The van der Waals surface area contributed by atoms with E-state index >= 15 is 0 Å². The van der Waals surface area contributed by atoms with Gasteiger partial charge in [-0.25, -0.2) is 9.36 Å². The molecule has 0 unspecified atom stereocenters. The van der Waals surface area contributed by atoms with E-state index in [2.05, 4.69) is 20.6 Å². The van der Waals surface area contributed by atoms with Crippen molar-refractivity contribution in [2.24, 2.45) is 0 Å². The minimum atomic E-state index is -3.95. The lowest BCUT2D eigenvalue weighted by molar-refractivity contribution is 0.193. The largest absolute Gasteiger partial charge is 0.346 e. The van der Waals surface area contributed by atoms with Gasteiger partial charge in [-0.1, -0.05) is 34.7 Å². The highest BCUT2D eigenvalue weighted by Gasteiger charge is 2.52. The van der Waals surface area contributed by atoms with E-state index in [0.717, 1.165) is 11.1 Å². The number of hydrogen-bond donors (Lipinski definition) is 0. The van der Waals surface area contributed by atoms with Gasteiger partial charge >= 0.3 is 30.4 Å². The Morgan fingerprint density at radius 1 is 0.463 bits per heavy atom. The summed E-state index contributed by atoms with van der Waals surface area (Å²) in [5.41, 5.74) is 2.67. The zero-order valence-corrected chi connectivity index (χ0v) is 36.1. The van der Waals surface area contributed by atoms with Crippen LogP contribution in [0.5, 0.6) is 0 Å². The van der Waals surface area contributed by atoms with E-state index in [1.807, 2.05) is 24.3 Å². The van der Waals surface area contributed by atoms with Gasteiger partial charge in [0.15, 0.2) is 10.8 Å². The first-order chi connectivity index (χ1) is 25.8. The molecule has 2 heterocycles. The normalized spacial score (nSPS) is 13.1. The molecule has 0 aliphatic rings. The van der Waals surface area contributed by atoms with Gasteiger partial charge in [0.2, 0.25) is 0 Å². The van der Waals surface area contributed by atoms with Crippen molar-refractivity contribution in [2.45, 2.75) is 92.1 Å². The minimum absolute atomic E-state index is 0.0717. The Labute approximate surface area is 318 Å². The standard InChI is InChI=1S/C32H56N6O12P4/c1-9-43-51(39,44-10-2)31(52(40,45-11-3)46-12-4)21-29-25-37(35-33-29)23-27-17-19-28(20-18-27)24-38-26-30(34-36-38)22-32(53(41,47-13-5)48-14-6)54(42,49-15-7)50-16-8/h17-20,25-26,31-32H,9-16,21-24H2,1-8H3.